The van der Waals surface area contributed by atoms with E-state index in [1.54, 1.807) is 4.31 Å². The van der Waals surface area contributed by atoms with E-state index in [0.717, 1.165) is 19.3 Å². The Hall–Kier alpha value is -0.170. The van der Waals surface area contributed by atoms with Gasteiger partial charge in [-0.05, 0) is 33.6 Å². The van der Waals surface area contributed by atoms with Crippen molar-refractivity contribution in [3.8, 4) is 0 Å². The van der Waals surface area contributed by atoms with Gasteiger partial charge in [-0.15, -0.1) is 0 Å². The third-order valence-corrected chi connectivity index (χ3v) is 4.83. The van der Waals surface area contributed by atoms with E-state index in [4.69, 9.17) is 0 Å². The Morgan fingerprint density at radius 3 is 2.50 bits per heavy atom. The van der Waals surface area contributed by atoms with Gasteiger partial charge in [-0.3, -0.25) is 0 Å². The zero-order chi connectivity index (χ0) is 13.8. The van der Waals surface area contributed by atoms with Crippen LogP contribution in [0.3, 0.4) is 0 Å². The van der Waals surface area contributed by atoms with E-state index in [1.807, 2.05) is 6.92 Å². The number of nitrogens with zero attached hydrogens (tertiary/aromatic N) is 1. The summed E-state index contributed by atoms with van der Waals surface area (Å²) in [4.78, 5) is 0. The molecule has 2 N–H and O–H groups in total. The van der Waals surface area contributed by atoms with Crippen LogP contribution in [0.2, 0.25) is 0 Å². The van der Waals surface area contributed by atoms with E-state index in [-0.39, 0.29) is 11.6 Å². The van der Waals surface area contributed by atoms with Gasteiger partial charge in [0.15, 0.2) is 0 Å². The first-order valence-electron chi connectivity index (χ1n) is 6.78. The van der Waals surface area contributed by atoms with Crippen LogP contribution in [0.4, 0.5) is 0 Å². The predicted octanol–water partition coefficient (Wildman–Crippen LogP) is 1.08. The summed E-state index contributed by atoms with van der Waals surface area (Å²) in [6.07, 6.45) is 3.00. The van der Waals surface area contributed by atoms with E-state index < -0.39 is 10.2 Å². The summed E-state index contributed by atoms with van der Waals surface area (Å²) >= 11 is 0. The molecule has 1 aliphatic rings. The van der Waals surface area contributed by atoms with Gasteiger partial charge in [-0.1, -0.05) is 13.3 Å². The molecule has 1 heterocycles. The van der Waals surface area contributed by atoms with Crippen molar-refractivity contribution < 1.29 is 8.42 Å². The molecular formula is C12H27N3O2S. The summed E-state index contributed by atoms with van der Waals surface area (Å²) in [6, 6.07) is 0.0713. The van der Waals surface area contributed by atoms with Crippen LogP contribution >= 0.6 is 0 Å². The Morgan fingerprint density at radius 1 is 1.28 bits per heavy atom. The lowest BCUT2D eigenvalue weighted by Gasteiger charge is -2.36. The predicted molar refractivity (Wildman–Crippen MR) is 74.7 cm³/mol. The van der Waals surface area contributed by atoms with Crippen LogP contribution in [0.1, 0.15) is 47.0 Å². The minimum Gasteiger partial charge on any atom is -0.310 e. The number of hydrogen-bond donors (Lipinski definition) is 2. The normalized spacial score (nSPS) is 23.2. The number of piperidine rings is 1. The molecule has 1 unspecified atom stereocenters. The molecule has 1 saturated heterocycles. The molecule has 0 aromatic heterocycles. The third kappa shape index (κ3) is 4.84. The first-order valence-corrected chi connectivity index (χ1v) is 8.22. The number of nitrogens with one attached hydrogen (secondary N) is 2. The van der Waals surface area contributed by atoms with Crippen molar-refractivity contribution in [2.45, 2.75) is 58.5 Å². The standard InChI is InChI=1S/C12H27N3O2S/c1-5-14-18(16,17)15-9-7-6-8-11(15)10-13-12(2,3)4/h11,13-14H,5-10H2,1-4H3. The third-order valence-electron chi connectivity index (χ3n) is 3.08. The second-order valence-electron chi connectivity index (χ2n) is 5.89. The highest BCUT2D eigenvalue weighted by atomic mass is 32.2. The second kappa shape index (κ2) is 6.32. The lowest BCUT2D eigenvalue weighted by molar-refractivity contribution is 0.228. The fourth-order valence-electron chi connectivity index (χ4n) is 2.18. The molecule has 1 fully saturated rings. The molecule has 1 rings (SSSR count). The maximum Gasteiger partial charge on any atom is 0.279 e. The molecule has 6 heteroatoms. The fraction of sp³-hybridized carbons (Fsp3) is 1.00. The van der Waals surface area contributed by atoms with Crippen molar-refractivity contribution in [2.24, 2.45) is 0 Å². The van der Waals surface area contributed by atoms with Crippen LogP contribution < -0.4 is 10.0 Å². The quantitative estimate of drug-likeness (QED) is 0.790. The fourth-order valence-corrected chi connectivity index (χ4v) is 3.66. The summed E-state index contributed by atoms with van der Waals surface area (Å²) in [7, 11) is -3.31. The van der Waals surface area contributed by atoms with Crippen LogP contribution in [0.15, 0.2) is 0 Å². The minimum atomic E-state index is -3.31. The first kappa shape index (κ1) is 15.9. The van der Waals surface area contributed by atoms with Crippen LogP contribution in [0.5, 0.6) is 0 Å². The minimum absolute atomic E-state index is 0.0189. The number of hydrogen-bond acceptors (Lipinski definition) is 3. The van der Waals surface area contributed by atoms with Gasteiger partial charge in [-0.2, -0.15) is 12.7 Å². The molecule has 5 nitrogen and oxygen atoms in total. The molecule has 0 aliphatic carbocycles. The molecule has 0 saturated carbocycles. The SMILES string of the molecule is CCNS(=O)(=O)N1CCCCC1CNC(C)(C)C. The summed E-state index contributed by atoms with van der Waals surface area (Å²) in [5.41, 5.74) is 0.0189. The molecule has 0 radical (unpaired) electrons. The molecule has 1 aliphatic heterocycles. The average Bonchev–Trinajstić information content (AvgIpc) is 2.26. The summed E-state index contributed by atoms with van der Waals surface area (Å²) in [5.74, 6) is 0. The van der Waals surface area contributed by atoms with Gasteiger partial charge in [0.1, 0.15) is 0 Å². The van der Waals surface area contributed by atoms with Gasteiger partial charge in [-0.25, -0.2) is 4.72 Å². The molecule has 0 aromatic carbocycles. The lowest BCUT2D eigenvalue weighted by Crippen LogP contribution is -2.54. The Balaban J connectivity index is 2.68. The van der Waals surface area contributed by atoms with Crippen LogP contribution in [-0.4, -0.2) is 43.9 Å². The van der Waals surface area contributed by atoms with Crippen molar-refractivity contribution >= 4 is 10.2 Å². The van der Waals surface area contributed by atoms with Gasteiger partial charge >= 0.3 is 0 Å². The largest absolute Gasteiger partial charge is 0.310 e. The van der Waals surface area contributed by atoms with E-state index in [1.165, 1.54) is 0 Å². The molecular weight excluding hydrogens is 250 g/mol. The smallest absolute Gasteiger partial charge is 0.279 e. The Morgan fingerprint density at radius 2 is 1.94 bits per heavy atom. The average molecular weight is 277 g/mol. The first-order chi connectivity index (χ1) is 8.26. The van der Waals surface area contributed by atoms with E-state index in [0.29, 0.717) is 19.6 Å². The van der Waals surface area contributed by atoms with Crippen molar-refractivity contribution in [1.29, 1.82) is 0 Å². The van der Waals surface area contributed by atoms with Gasteiger partial charge < -0.3 is 5.32 Å². The highest BCUT2D eigenvalue weighted by Gasteiger charge is 2.32. The molecule has 108 valence electrons. The van der Waals surface area contributed by atoms with E-state index >= 15 is 0 Å². The maximum atomic E-state index is 12.1. The summed E-state index contributed by atoms with van der Waals surface area (Å²) < 4.78 is 28.4. The van der Waals surface area contributed by atoms with Crippen LogP contribution in [0.25, 0.3) is 0 Å². The van der Waals surface area contributed by atoms with Crippen LogP contribution in [-0.2, 0) is 10.2 Å². The Bertz CT molecular complexity index is 349. The molecule has 0 spiro atoms. The molecule has 18 heavy (non-hydrogen) atoms. The van der Waals surface area contributed by atoms with Crippen molar-refractivity contribution in [2.75, 3.05) is 19.6 Å². The summed E-state index contributed by atoms with van der Waals surface area (Å²) in [5, 5.41) is 3.40. The summed E-state index contributed by atoms with van der Waals surface area (Å²) in [6.45, 7) is 9.89. The molecule has 0 aromatic rings. The highest BCUT2D eigenvalue weighted by molar-refractivity contribution is 7.87. The van der Waals surface area contributed by atoms with E-state index in [2.05, 4.69) is 30.8 Å². The second-order valence-corrected chi connectivity index (χ2v) is 7.60. The molecule has 0 amide bonds. The zero-order valence-corrected chi connectivity index (χ0v) is 12.8. The van der Waals surface area contributed by atoms with Crippen molar-refractivity contribution in [3.63, 3.8) is 0 Å². The topological polar surface area (TPSA) is 61.4 Å². The van der Waals surface area contributed by atoms with Crippen LogP contribution in [0, 0.1) is 0 Å². The Labute approximate surface area is 112 Å². The van der Waals surface area contributed by atoms with Gasteiger partial charge in [0.2, 0.25) is 0 Å². The maximum absolute atomic E-state index is 12.1. The monoisotopic (exact) mass is 277 g/mol. The zero-order valence-electron chi connectivity index (χ0n) is 12.0. The van der Waals surface area contributed by atoms with Gasteiger partial charge in [0, 0.05) is 31.2 Å². The van der Waals surface area contributed by atoms with Gasteiger partial charge in [0.25, 0.3) is 10.2 Å². The Kier molecular flexibility index (Phi) is 5.58. The molecule has 1 atom stereocenters. The highest BCUT2D eigenvalue weighted by Crippen LogP contribution is 2.19. The number of rotatable bonds is 5. The van der Waals surface area contributed by atoms with Crippen molar-refractivity contribution in [3.05, 3.63) is 0 Å². The van der Waals surface area contributed by atoms with E-state index in [9.17, 15) is 8.42 Å². The van der Waals surface area contributed by atoms with Gasteiger partial charge in [0.05, 0.1) is 0 Å². The van der Waals surface area contributed by atoms with Crippen molar-refractivity contribution in [1.82, 2.24) is 14.3 Å². The molecule has 0 bridgehead atoms. The lowest BCUT2D eigenvalue weighted by atomic mass is 10.0.